The van der Waals surface area contributed by atoms with Crippen molar-refractivity contribution in [2.45, 2.75) is 0 Å². The molecule has 0 saturated carbocycles. The van der Waals surface area contributed by atoms with Crippen LogP contribution in [0.3, 0.4) is 0 Å². The maximum absolute atomic E-state index is 12.4. The number of rotatable bonds is 2. The van der Waals surface area contributed by atoms with Gasteiger partial charge < -0.3 is 5.73 Å². The zero-order valence-corrected chi connectivity index (χ0v) is 12.2. The third-order valence-corrected chi connectivity index (χ3v) is 3.53. The zero-order valence-electron chi connectivity index (χ0n) is 12.2. The Bertz CT molecular complexity index is 1170. The van der Waals surface area contributed by atoms with E-state index in [2.05, 4.69) is 19.9 Å². The highest BCUT2D eigenvalue weighted by atomic mass is 16.1. The van der Waals surface area contributed by atoms with Gasteiger partial charge in [0.25, 0.3) is 5.56 Å². The molecule has 9 nitrogen and oxygen atoms in total. The largest absolute Gasteiger partial charge is 0.383 e. The van der Waals surface area contributed by atoms with Gasteiger partial charge in [-0.2, -0.15) is 4.98 Å². The summed E-state index contributed by atoms with van der Waals surface area (Å²) < 4.78 is 2.74. The van der Waals surface area contributed by atoms with Crippen molar-refractivity contribution in [3.05, 3.63) is 69.9 Å². The third-order valence-electron chi connectivity index (χ3n) is 3.53. The van der Waals surface area contributed by atoms with E-state index in [4.69, 9.17) is 5.73 Å². The molecule has 3 N–H and O–H groups in total. The van der Waals surface area contributed by atoms with Crippen LogP contribution in [0.15, 0.2) is 58.6 Å². The predicted octanol–water partition coefficient (Wildman–Crippen LogP) is 0.237. The van der Waals surface area contributed by atoms with E-state index in [9.17, 15) is 9.59 Å². The summed E-state index contributed by atoms with van der Waals surface area (Å²) in [6.07, 6.45) is 4.25. The van der Waals surface area contributed by atoms with E-state index in [0.717, 1.165) is 15.6 Å². The standard InChI is InChI=1S/C15H11N7O2/c16-12-5-6-21(15(24)19-12)11-7-17-14(20-13(11)23)22-8-18-9-3-1-2-4-10(9)22/h1-8H,(H2,16,19,24)(H,17,20,23). The summed E-state index contributed by atoms with van der Waals surface area (Å²) in [4.78, 5) is 38.9. The monoisotopic (exact) mass is 321 g/mol. The summed E-state index contributed by atoms with van der Waals surface area (Å²) in [5, 5.41) is 0. The van der Waals surface area contributed by atoms with E-state index < -0.39 is 11.2 Å². The Kier molecular flexibility index (Phi) is 2.98. The smallest absolute Gasteiger partial charge is 0.354 e. The molecule has 118 valence electrons. The van der Waals surface area contributed by atoms with Crippen LogP contribution >= 0.6 is 0 Å². The molecule has 3 heterocycles. The normalized spacial score (nSPS) is 11.0. The minimum atomic E-state index is -0.650. The number of aromatic nitrogens is 6. The Hall–Kier alpha value is -3.75. The lowest BCUT2D eigenvalue weighted by atomic mass is 10.3. The Morgan fingerprint density at radius 1 is 1.04 bits per heavy atom. The quantitative estimate of drug-likeness (QED) is 0.545. The number of nitrogens with two attached hydrogens (primary N) is 1. The molecule has 0 fully saturated rings. The number of fused-ring (bicyclic) bond motifs is 1. The predicted molar refractivity (Wildman–Crippen MR) is 87.3 cm³/mol. The van der Waals surface area contributed by atoms with E-state index in [-0.39, 0.29) is 11.5 Å². The highest BCUT2D eigenvalue weighted by Crippen LogP contribution is 2.14. The molecule has 0 aliphatic rings. The van der Waals surface area contributed by atoms with Crippen molar-refractivity contribution in [3.63, 3.8) is 0 Å². The van der Waals surface area contributed by atoms with E-state index >= 15 is 0 Å². The molecule has 1 aromatic carbocycles. The van der Waals surface area contributed by atoms with Crippen LogP contribution in [0.1, 0.15) is 0 Å². The fraction of sp³-hybridized carbons (Fsp3) is 0. The van der Waals surface area contributed by atoms with Gasteiger partial charge in [0.2, 0.25) is 5.95 Å². The Morgan fingerprint density at radius 2 is 1.88 bits per heavy atom. The number of nitrogens with zero attached hydrogens (tertiary/aromatic N) is 5. The molecule has 0 radical (unpaired) electrons. The summed E-state index contributed by atoms with van der Waals surface area (Å²) in [5.74, 6) is 0.385. The van der Waals surface area contributed by atoms with Crippen molar-refractivity contribution in [3.8, 4) is 11.6 Å². The SMILES string of the molecule is Nc1ccn(-c2cnc(-n3cnc4ccccc43)[nH]c2=O)c(=O)n1. The van der Waals surface area contributed by atoms with Crippen LogP contribution in [0.25, 0.3) is 22.7 Å². The van der Waals surface area contributed by atoms with Gasteiger partial charge in [-0.1, -0.05) is 12.1 Å². The molecule has 0 unspecified atom stereocenters. The number of anilines is 1. The van der Waals surface area contributed by atoms with Gasteiger partial charge >= 0.3 is 5.69 Å². The van der Waals surface area contributed by atoms with Crippen LogP contribution in [-0.4, -0.2) is 29.1 Å². The lowest BCUT2D eigenvalue weighted by Crippen LogP contribution is -2.28. The van der Waals surface area contributed by atoms with Gasteiger partial charge in [-0.3, -0.25) is 18.9 Å². The summed E-state index contributed by atoms with van der Waals surface area (Å²) in [6, 6.07) is 8.90. The van der Waals surface area contributed by atoms with Crippen molar-refractivity contribution in [1.29, 1.82) is 0 Å². The number of nitrogens with one attached hydrogen (secondary N) is 1. The van der Waals surface area contributed by atoms with Gasteiger partial charge in [0, 0.05) is 6.20 Å². The molecular weight excluding hydrogens is 310 g/mol. The lowest BCUT2D eigenvalue weighted by molar-refractivity contribution is 0.862. The first-order valence-electron chi connectivity index (χ1n) is 7.01. The minimum Gasteiger partial charge on any atom is -0.383 e. The molecule has 0 spiro atoms. The second kappa shape index (κ2) is 5.16. The summed E-state index contributed by atoms with van der Waals surface area (Å²) in [7, 11) is 0. The van der Waals surface area contributed by atoms with Crippen LogP contribution in [0.4, 0.5) is 5.82 Å². The molecule has 0 atom stereocenters. The number of hydrogen-bond acceptors (Lipinski definition) is 6. The Labute approximate surface area is 134 Å². The number of nitrogen functional groups attached to an aromatic ring is 1. The highest BCUT2D eigenvalue weighted by Gasteiger charge is 2.10. The van der Waals surface area contributed by atoms with E-state index in [1.54, 1.807) is 10.9 Å². The van der Waals surface area contributed by atoms with E-state index in [1.807, 2.05) is 24.3 Å². The molecule has 4 aromatic rings. The van der Waals surface area contributed by atoms with Gasteiger partial charge in [-0.15, -0.1) is 0 Å². The third kappa shape index (κ3) is 2.15. The first-order valence-corrected chi connectivity index (χ1v) is 7.01. The first-order chi connectivity index (χ1) is 11.6. The number of hydrogen-bond donors (Lipinski definition) is 2. The van der Waals surface area contributed by atoms with Crippen LogP contribution in [-0.2, 0) is 0 Å². The zero-order chi connectivity index (χ0) is 16.7. The second-order valence-electron chi connectivity index (χ2n) is 5.03. The van der Waals surface area contributed by atoms with Gasteiger partial charge in [-0.25, -0.2) is 14.8 Å². The minimum absolute atomic E-state index is 0.0562. The molecule has 0 amide bonds. The van der Waals surface area contributed by atoms with Gasteiger partial charge in [0.1, 0.15) is 17.8 Å². The number of benzene rings is 1. The molecule has 24 heavy (non-hydrogen) atoms. The van der Waals surface area contributed by atoms with Gasteiger partial charge in [0.05, 0.1) is 17.2 Å². The van der Waals surface area contributed by atoms with Crippen molar-refractivity contribution >= 4 is 16.9 Å². The van der Waals surface area contributed by atoms with Gasteiger partial charge in [0.15, 0.2) is 0 Å². The number of imidazole rings is 1. The number of aromatic amines is 1. The summed E-state index contributed by atoms with van der Waals surface area (Å²) >= 11 is 0. The maximum Gasteiger partial charge on any atom is 0.354 e. The van der Waals surface area contributed by atoms with Gasteiger partial charge in [-0.05, 0) is 18.2 Å². The topological polar surface area (TPSA) is 124 Å². The molecule has 0 aliphatic carbocycles. The summed E-state index contributed by atoms with van der Waals surface area (Å²) in [6.45, 7) is 0. The van der Waals surface area contributed by atoms with Crippen molar-refractivity contribution in [2.75, 3.05) is 5.73 Å². The van der Waals surface area contributed by atoms with E-state index in [1.165, 1.54) is 18.5 Å². The summed E-state index contributed by atoms with van der Waals surface area (Å²) in [5.41, 5.74) is 5.96. The van der Waals surface area contributed by atoms with Crippen molar-refractivity contribution in [1.82, 2.24) is 29.1 Å². The van der Waals surface area contributed by atoms with Crippen molar-refractivity contribution in [2.24, 2.45) is 0 Å². The molecular formula is C15H11N7O2. The molecule has 4 rings (SSSR count). The molecule has 0 aliphatic heterocycles. The fourth-order valence-electron chi connectivity index (χ4n) is 2.40. The first kappa shape index (κ1) is 13.9. The molecule has 0 bridgehead atoms. The van der Waals surface area contributed by atoms with Crippen LogP contribution < -0.4 is 17.0 Å². The lowest BCUT2D eigenvalue weighted by Gasteiger charge is -2.06. The second-order valence-corrected chi connectivity index (χ2v) is 5.03. The van der Waals surface area contributed by atoms with E-state index in [0.29, 0.717) is 5.95 Å². The Morgan fingerprint density at radius 3 is 2.67 bits per heavy atom. The average Bonchev–Trinajstić information content (AvgIpc) is 2.99. The van der Waals surface area contributed by atoms with Crippen LogP contribution in [0, 0.1) is 0 Å². The highest BCUT2D eigenvalue weighted by molar-refractivity contribution is 5.76. The van der Waals surface area contributed by atoms with Crippen LogP contribution in [0.5, 0.6) is 0 Å². The molecule has 9 heteroatoms. The molecule has 0 saturated heterocycles. The fourth-order valence-corrected chi connectivity index (χ4v) is 2.40. The Balaban J connectivity index is 1.86. The number of H-pyrrole nitrogens is 1. The average molecular weight is 321 g/mol. The molecule has 3 aromatic heterocycles. The number of para-hydroxylation sites is 2. The maximum atomic E-state index is 12.4. The van der Waals surface area contributed by atoms with Crippen molar-refractivity contribution < 1.29 is 0 Å². The van der Waals surface area contributed by atoms with Crippen LogP contribution in [0.2, 0.25) is 0 Å².